The topological polar surface area (TPSA) is 40.9 Å². The van der Waals surface area contributed by atoms with Crippen LogP contribution in [0.2, 0.25) is 0 Å². The van der Waals surface area contributed by atoms with Gasteiger partial charge in [0.2, 0.25) is 0 Å². The number of fused-ring (bicyclic) bond motifs is 1. The van der Waals surface area contributed by atoms with Gasteiger partial charge in [0.05, 0.1) is 18.0 Å². The maximum Gasteiger partial charge on any atom is 0.254 e. The maximum absolute atomic E-state index is 13.0. The molecule has 0 bridgehead atoms. The summed E-state index contributed by atoms with van der Waals surface area (Å²) in [5.41, 5.74) is 2.58. The van der Waals surface area contributed by atoms with Gasteiger partial charge in [-0.05, 0) is 36.4 Å². The molecule has 1 saturated heterocycles. The van der Waals surface area contributed by atoms with E-state index in [-0.39, 0.29) is 11.7 Å². The van der Waals surface area contributed by atoms with E-state index in [2.05, 4.69) is 9.88 Å². The molecule has 6 heteroatoms. The van der Waals surface area contributed by atoms with Crippen molar-refractivity contribution >= 4 is 17.1 Å². The van der Waals surface area contributed by atoms with Gasteiger partial charge >= 0.3 is 0 Å². The monoisotopic (exact) mass is 324 g/mol. The minimum atomic E-state index is -0.233. The normalized spacial score (nSPS) is 15.0. The zero-order valence-electron chi connectivity index (χ0n) is 13.1. The first-order chi connectivity index (χ1) is 11.7. The Morgan fingerprint density at radius 2 is 1.79 bits per heavy atom. The van der Waals surface area contributed by atoms with Crippen molar-refractivity contribution in [2.75, 3.05) is 31.1 Å². The minimum Gasteiger partial charge on any atom is -0.368 e. The summed E-state index contributed by atoms with van der Waals surface area (Å²) in [5, 5.41) is 0. The predicted octanol–water partition coefficient (Wildman–Crippen LogP) is 2.44. The second kappa shape index (κ2) is 5.96. The van der Waals surface area contributed by atoms with Crippen LogP contribution in [0.4, 0.5) is 10.1 Å². The van der Waals surface area contributed by atoms with Crippen LogP contribution in [-0.2, 0) is 0 Å². The number of imidazole rings is 1. The van der Waals surface area contributed by atoms with Crippen LogP contribution >= 0.6 is 0 Å². The number of nitrogens with zero attached hydrogens (tertiary/aromatic N) is 4. The van der Waals surface area contributed by atoms with Gasteiger partial charge in [-0.15, -0.1) is 0 Å². The van der Waals surface area contributed by atoms with Gasteiger partial charge in [0.25, 0.3) is 5.91 Å². The lowest BCUT2D eigenvalue weighted by Gasteiger charge is -2.36. The fraction of sp³-hybridized carbons (Fsp3) is 0.222. The van der Waals surface area contributed by atoms with Crippen LogP contribution in [0, 0.1) is 5.82 Å². The summed E-state index contributed by atoms with van der Waals surface area (Å²) in [6.45, 7) is 2.79. The van der Waals surface area contributed by atoms with E-state index in [4.69, 9.17) is 0 Å². The van der Waals surface area contributed by atoms with E-state index < -0.39 is 0 Å². The predicted molar refractivity (Wildman–Crippen MR) is 89.7 cm³/mol. The molecule has 4 rings (SSSR count). The third-order valence-corrected chi connectivity index (χ3v) is 4.42. The number of hydrogen-bond acceptors (Lipinski definition) is 3. The third kappa shape index (κ3) is 2.71. The van der Waals surface area contributed by atoms with E-state index in [1.807, 2.05) is 27.6 Å². The average molecular weight is 324 g/mol. The van der Waals surface area contributed by atoms with Gasteiger partial charge in [-0.25, -0.2) is 9.37 Å². The van der Waals surface area contributed by atoms with Crippen molar-refractivity contribution in [2.24, 2.45) is 0 Å². The van der Waals surface area contributed by atoms with Crippen LogP contribution < -0.4 is 4.90 Å². The lowest BCUT2D eigenvalue weighted by Crippen LogP contribution is -2.48. The molecule has 0 aliphatic carbocycles. The number of rotatable bonds is 2. The second-order valence-electron chi connectivity index (χ2n) is 5.90. The highest BCUT2D eigenvalue weighted by Gasteiger charge is 2.22. The molecule has 0 atom stereocenters. The Morgan fingerprint density at radius 3 is 2.54 bits per heavy atom. The minimum absolute atomic E-state index is 0.0393. The van der Waals surface area contributed by atoms with Crippen LogP contribution in [0.3, 0.4) is 0 Å². The van der Waals surface area contributed by atoms with Crippen molar-refractivity contribution in [1.29, 1.82) is 0 Å². The van der Waals surface area contributed by atoms with Crippen molar-refractivity contribution in [3.8, 4) is 0 Å². The summed E-state index contributed by atoms with van der Waals surface area (Å²) in [4.78, 5) is 20.8. The fourth-order valence-electron chi connectivity index (χ4n) is 3.05. The molecule has 0 radical (unpaired) electrons. The number of amides is 1. The van der Waals surface area contributed by atoms with Gasteiger partial charge in [-0.2, -0.15) is 0 Å². The molecule has 5 nitrogen and oxygen atoms in total. The molecule has 1 amide bonds. The molecular weight excluding hydrogens is 307 g/mol. The zero-order valence-corrected chi connectivity index (χ0v) is 13.1. The molecule has 0 saturated carbocycles. The van der Waals surface area contributed by atoms with Crippen LogP contribution in [0.5, 0.6) is 0 Å². The Balaban J connectivity index is 1.44. The van der Waals surface area contributed by atoms with Gasteiger partial charge in [0, 0.05) is 43.6 Å². The molecule has 3 heterocycles. The average Bonchev–Trinajstić information content (AvgIpc) is 3.09. The van der Waals surface area contributed by atoms with E-state index in [0.29, 0.717) is 18.7 Å². The first-order valence-corrected chi connectivity index (χ1v) is 7.92. The molecule has 0 N–H and O–H groups in total. The molecule has 1 aliphatic heterocycles. The highest BCUT2D eigenvalue weighted by Crippen LogP contribution is 2.18. The highest BCUT2D eigenvalue weighted by atomic mass is 19.1. The Kier molecular flexibility index (Phi) is 3.65. The number of aromatic nitrogens is 2. The second-order valence-corrected chi connectivity index (χ2v) is 5.90. The van der Waals surface area contributed by atoms with E-state index >= 15 is 0 Å². The molecule has 2 aromatic heterocycles. The summed E-state index contributed by atoms with van der Waals surface area (Å²) in [5.74, 6) is -0.194. The van der Waals surface area contributed by atoms with Gasteiger partial charge in [0.15, 0.2) is 0 Å². The van der Waals surface area contributed by atoms with Crippen molar-refractivity contribution in [2.45, 2.75) is 0 Å². The molecule has 1 fully saturated rings. The van der Waals surface area contributed by atoms with E-state index in [1.54, 1.807) is 24.7 Å². The number of carbonyl (C=O) groups is 1. The number of benzene rings is 1. The van der Waals surface area contributed by atoms with Crippen molar-refractivity contribution in [1.82, 2.24) is 14.3 Å². The Morgan fingerprint density at radius 1 is 1.04 bits per heavy atom. The van der Waals surface area contributed by atoms with Gasteiger partial charge in [-0.1, -0.05) is 0 Å². The van der Waals surface area contributed by atoms with E-state index in [9.17, 15) is 9.18 Å². The number of piperazine rings is 1. The molecule has 24 heavy (non-hydrogen) atoms. The lowest BCUT2D eigenvalue weighted by molar-refractivity contribution is 0.0747. The number of anilines is 1. The summed E-state index contributed by atoms with van der Waals surface area (Å²) in [6, 6.07) is 10.2. The van der Waals surface area contributed by atoms with Gasteiger partial charge < -0.3 is 14.2 Å². The van der Waals surface area contributed by atoms with Crippen LogP contribution in [0.15, 0.2) is 55.1 Å². The number of carbonyl (C=O) groups excluding carboxylic acids is 1. The fourth-order valence-corrected chi connectivity index (χ4v) is 3.05. The molecule has 0 unspecified atom stereocenters. The number of pyridine rings is 1. The van der Waals surface area contributed by atoms with Crippen molar-refractivity contribution in [3.63, 3.8) is 0 Å². The summed E-state index contributed by atoms with van der Waals surface area (Å²) in [6.07, 6.45) is 5.30. The standard InChI is InChI=1S/C18H17FN4O/c19-15-1-3-16(4-2-15)21-7-9-22(10-8-21)18(24)14-5-6-23-13-20-12-17(23)11-14/h1-6,11-13H,7-10H2. The van der Waals surface area contributed by atoms with Crippen LogP contribution in [0.1, 0.15) is 10.4 Å². The molecule has 122 valence electrons. The summed E-state index contributed by atoms with van der Waals surface area (Å²) in [7, 11) is 0. The van der Waals surface area contributed by atoms with E-state index in [1.165, 1.54) is 12.1 Å². The Bertz CT molecular complexity index is 866. The Hall–Kier alpha value is -2.89. The van der Waals surface area contributed by atoms with E-state index in [0.717, 1.165) is 24.3 Å². The third-order valence-electron chi connectivity index (χ3n) is 4.42. The van der Waals surface area contributed by atoms with Crippen molar-refractivity contribution < 1.29 is 9.18 Å². The first kappa shape index (κ1) is 14.7. The molecule has 3 aromatic rings. The van der Waals surface area contributed by atoms with Gasteiger partial charge in [-0.3, -0.25) is 4.79 Å². The highest BCUT2D eigenvalue weighted by molar-refractivity contribution is 5.95. The number of halogens is 1. The lowest BCUT2D eigenvalue weighted by atomic mass is 10.2. The SMILES string of the molecule is O=C(c1ccn2cncc2c1)N1CCN(c2ccc(F)cc2)CC1. The molecule has 1 aliphatic rings. The maximum atomic E-state index is 13.0. The summed E-state index contributed by atoms with van der Waals surface area (Å²) < 4.78 is 14.9. The first-order valence-electron chi connectivity index (χ1n) is 7.92. The number of hydrogen-bond donors (Lipinski definition) is 0. The van der Waals surface area contributed by atoms with Crippen LogP contribution in [-0.4, -0.2) is 46.4 Å². The van der Waals surface area contributed by atoms with Crippen LogP contribution in [0.25, 0.3) is 5.52 Å². The molecule has 0 spiro atoms. The quantitative estimate of drug-likeness (QED) is 0.727. The molecule has 1 aromatic carbocycles. The van der Waals surface area contributed by atoms with Crippen molar-refractivity contribution in [3.05, 3.63) is 66.5 Å². The Labute approximate surface area is 138 Å². The largest absolute Gasteiger partial charge is 0.368 e. The van der Waals surface area contributed by atoms with Gasteiger partial charge in [0.1, 0.15) is 5.82 Å². The summed E-state index contributed by atoms with van der Waals surface area (Å²) >= 11 is 0. The smallest absolute Gasteiger partial charge is 0.254 e. The molecular formula is C18H17FN4O. The zero-order chi connectivity index (χ0) is 16.5.